The van der Waals surface area contributed by atoms with Crippen LogP contribution >= 0.6 is 0 Å². The van der Waals surface area contributed by atoms with Crippen LogP contribution in [0.3, 0.4) is 0 Å². The van der Waals surface area contributed by atoms with E-state index in [1.807, 2.05) is 30.3 Å². The predicted molar refractivity (Wildman–Crippen MR) is 104 cm³/mol. The summed E-state index contributed by atoms with van der Waals surface area (Å²) in [5.41, 5.74) is 2.32. The van der Waals surface area contributed by atoms with Gasteiger partial charge in [-0.15, -0.1) is 0 Å². The van der Waals surface area contributed by atoms with Crippen molar-refractivity contribution in [1.82, 2.24) is 15.1 Å². The van der Waals surface area contributed by atoms with Crippen LogP contribution in [0.1, 0.15) is 0 Å². The third-order valence-corrected chi connectivity index (χ3v) is 3.89. The summed E-state index contributed by atoms with van der Waals surface area (Å²) >= 11 is 0. The molecule has 2 aromatic carbocycles. The average molecular weight is 372 g/mol. The molecule has 0 radical (unpaired) electrons. The van der Waals surface area contributed by atoms with Gasteiger partial charge in [0, 0.05) is 29.2 Å². The Morgan fingerprint density at radius 2 is 1.68 bits per heavy atom. The molecule has 0 saturated carbocycles. The number of rotatable bonds is 6. The molecule has 7 nitrogen and oxygen atoms in total. The monoisotopic (exact) mass is 372 g/mol. The van der Waals surface area contributed by atoms with Crippen molar-refractivity contribution in [2.24, 2.45) is 0 Å². The number of carbonyl (C=O) groups is 1. The van der Waals surface area contributed by atoms with E-state index in [4.69, 9.17) is 9.26 Å². The van der Waals surface area contributed by atoms with Crippen molar-refractivity contribution >= 4 is 11.6 Å². The van der Waals surface area contributed by atoms with Crippen molar-refractivity contribution in [3.8, 4) is 28.6 Å². The summed E-state index contributed by atoms with van der Waals surface area (Å²) in [5, 5.41) is 6.74. The van der Waals surface area contributed by atoms with Gasteiger partial charge in [0.1, 0.15) is 5.75 Å². The number of ether oxygens (including phenoxy) is 1. The molecule has 0 fully saturated rings. The highest BCUT2D eigenvalue weighted by Crippen LogP contribution is 2.24. The average Bonchev–Trinajstić information content (AvgIpc) is 3.24. The molecule has 4 aromatic rings. The molecule has 0 bridgehead atoms. The predicted octanol–water partition coefficient (Wildman–Crippen LogP) is 3.82. The molecule has 4 rings (SSSR count). The van der Waals surface area contributed by atoms with E-state index in [-0.39, 0.29) is 12.5 Å². The standard InChI is InChI=1S/C21H16N4O3/c26-19(23-17-10-12-22-13-11-17)14-27-18-8-6-16(7-9-18)21-24-20(25-28-21)15-4-2-1-3-5-15/h1-13H,14H2,(H,22,23,26). The number of aromatic nitrogens is 3. The molecule has 0 spiro atoms. The number of hydrogen-bond donors (Lipinski definition) is 1. The van der Waals surface area contributed by atoms with Crippen LogP contribution < -0.4 is 10.1 Å². The molecule has 0 aliphatic carbocycles. The maximum atomic E-state index is 11.9. The lowest BCUT2D eigenvalue weighted by molar-refractivity contribution is -0.118. The Labute approximate surface area is 161 Å². The Morgan fingerprint density at radius 1 is 0.929 bits per heavy atom. The van der Waals surface area contributed by atoms with Crippen LogP contribution in [0.5, 0.6) is 5.75 Å². The fraction of sp³-hybridized carbons (Fsp3) is 0.0476. The quantitative estimate of drug-likeness (QED) is 0.553. The molecule has 0 atom stereocenters. The minimum Gasteiger partial charge on any atom is -0.484 e. The third-order valence-electron chi connectivity index (χ3n) is 3.89. The number of carbonyl (C=O) groups excluding carboxylic acids is 1. The molecule has 2 heterocycles. The van der Waals surface area contributed by atoms with Crippen molar-refractivity contribution in [2.45, 2.75) is 0 Å². The van der Waals surface area contributed by atoms with Gasteiger partial charge in [0.05, 0.1) is 0 Å². The van der Waals surface area contributed by atoms with Crippen LogP contribution in [0, 0.1) is 0 Å². The minimum atomic E-state index is -0.250. The van der Waals surface area contributed by atoms with Crippen molar-refractivity contribution in [1.29, 1.82) is 0 Å². The van der Waals surface area contributed by atoms with Gasteiger partial charge in [0.2, 0.25) is 5.82 Å². The first-order valence-corrected chi connectivity index (χ1v) is 8.60. The molecular weight excluding hydrogens is 356 g/mol. The summed E-state index contributed by atoms with van der Waals surface area (Å²) in [4.78, 5) is 20.2. The highest BCUT2D eigenvalue weighted by atomic mass is 16.5. The van der Waals surface area contributed by atoms with E-state index in [0.29, 0.717) is 23.2 Å². The van der Waals surface area contributed by atoms with Crippen LogP contribution in [0.2, 0.25) is 0 Å². The van der Waals surface area contributed by atoms with Crippen molar-refractivity contribution in [3.05, 3.63) is 79.1 Å². The maximum absolute atomic E-state index is 11.9. The fourth-order valence-electron chi connectivity index (χ4n) is 2.52. The Kier molecular flexibility index (Phi) is 5.06. The molecule has 28 heavy (non-hydrogen) atoms. The molecular formula is C21H16N4O3. The van der Waals surface area contributed by atoms with Crippen molar-refractivity contribution < 1.29 is 14.1 Å². The zero-order valence-electron chi connectivity index (χ0n) is 14.8. The lowest BCUT2D eigenvalue weighted by Crippen LogP contribution is -2.20. The first-order valence-electron chi connectivity index (χ1n) is 8.60. The Bertz CT molecular complexity index is 1050. The van der Waals surface area contributed by atoms with E-state index in [1.165, 1.54) is 0 Å². The molecule has 138 valence electrons. The van der Waals surface area contributed by atoms with Crippen LogP contribution in [-0.4, -0.2) is 27.6 Å². The topological polar surface area (TPSA) is 90.1 Å². The summed E-state index contributed by atoms with van der Waals surface area (Å²) in [5.74, 6) is 1.26. The molecule has 0 aliphatic rings. The SMILES string of the molecule is O=C(COc1ccc(-c2nc(-c3ccccc3)no2)cc1)Nc1ccncc1. The summed E-state index contributed by atoms with van der Waals surface area (Å²) in [6.45, 7) is -0.0968. The normalized spacial score (nSPS) is 10.4. The number of pyridine rings is 1. The Hall–Kier alpha value is -4.00. The second-order valence-electron chi connectivity index (χ2n) is 5.89. The second kappa shape index (κ2) is 8.13. The van der Waals surface area contributed by atoms with Crippen LogP contribution in [0.4, 0.5) is 5.69 Å². The van der Waals surface area contributed by atoms with Gasteiger partial charge < -0.3 is 14.6 Å². The van der Waals surface area contributed by atoms with E-state index in [2.05, 4.69) is 20.4 Å². The number of benzene rings is 2. The number of nitrogens with zero attached hydrogens (tertiary/aromatic N) is 3. The summed E-state index contributed by atoms with van der Waals surface area (Å²) in [6, 6.07) is 20.1. The van der Waals surface area contributed by atoms with Gasteiger partial charge in [-0.05, 0) is 36.4 Å². The van der Waals surface area contributed by atoms with Gasteiger partial charge in [0.15, 0.2) is 6.61 Å². The van der Waals surface area contributed by atoms with Gasteiger partial charge in [-0.2, -0.15) is 4.98 Å². The second-order valence-corrected chi connectivity index (χ2v) is 5.89. The van der Waals surface area contributed by atoms with Crippen molar-refractivity contribution in [2.75, 3.05) is 11.9 Å². The molecule has 1 amide bonds. The minimum absolute atomic E-state index is 0.0968. The first-order chi connectivity index (χ1) is 13.8. The van der Waals surface area contributed by atoms with E-state index in [1.54, 1.807) is 48.8 Å². The van der Waals surface area contributed by atoms with Crippen molar-refractivity contribution in [3.63, 3.8) is 0 Å². The zero-order chi connectivity index (χ0) is 19.2. The van der Waals surface area contributed by atoms with E-state index < -0.39 is 0 Å². The number of hydrogen-bond acceptors (Lipinski definition) is 6. The van der Waals surface area contributed by atoms with Crippen LogP contribution in [0.25, 0.3) is 22.8 Å². The molecule has 7 heteroatoms. The van der Waals surface area contributed by atoms with E-state index >= 15 is 0 Å². The third kappa shape index (κ3) is 4.21. The first kappa shape index (κ1) is 17.4. The van der Waals surface area contributed by atoms with Gasteiger partial charge >= 0.3 is 0 Å². The Morgan fingerprint density at radius 3 is 2.43 bits per heavy atom. The number of anilines is 1. The van der Waals surface area contributed by atoms with E-state index in [0.717, 1.165) is 11.1 Å². The summed E-state index contributed by atoms with van der Waals surface area (Å²) in [6.07, 6.45) is 3.21. The highest BCUT2D eigenvalue weighted by molar-refractivity contribution is 5.91. The number of nitrogens with one attached hydrogen (secondary N) is 1. The molecule has 1 N–H and O–H groups in total. The van der Waals surface area contributed by atoms with Gasteiger partial charge in [0.25, 0.3) is 11.8 Å². The van der Waals surface area contributed by atoms with Gasteiger partial charge in [-0.25, -0.2) is 0 Å². The highest BCUT2D eigenvalue weighted by Gasteiger charge is 2.11. The smallest absolute Gasteiger partial charge is 0.262 e. The van der Waals surface area contributed by atoms with Gasteiger partial charge in [-0.3, -0.25) is 9.78 Å². The van der Waals surface area contributed by atoms with Gasteiger partial charge in [-0.1, -0.05) is 35.5 Å². The summed E-state index contributed by atoms with van der Waals surface area (Å²) in [7, 11) is 0. The summed E-state index contributed by atoms with van der Waals surface area (Å²) < 4.78 is 10.8. The lowest BCUT2D eigenvalue weighted by atomic mass is 10.2. The largest absolute Gasteiger partial charge is 0.484 e. The van der Waals surface area contributed by atoms with Crippen LogP contribution in [-0.2, 0) is 4.79 Å². The Balaban J connectivity index is 1.36. The van der Waals surface area contributed by atoms with E-state index in [9.17, 15) is 4.79 Å². The molecule has 2 aromatic heterocycles. The molecule has 0 unspecified atom stereocenters. The molecule has 0 saturated heterocycles. The van der Waals surface area contributed by atoms with Crippen LogP contribution in [0.15, 0.2) is 83.6 Å². The lowest BCUT2D eigenvalue weighted by Gasteiger charge is -2.07. The fourth-order valence-corrected chi connectivity index (χ4v) is 2.52. The zero-order valence-corrected chi connectivity index (χ0v) is 14.8. The maximum Gasteiger partial charge on any atom is 0.262 e. The molecule has 0 aliphatic heterocycles. The number of amides is 1.